The van der Waals surface area contributed by atoms with Crippen molar-refractivity contribution in [3.8, 4) is 29.0 Å². The molecule has 3 rings (SSSR count). The fraction of sp³-hybridized carbons (Fsp3) is 0. The van der Waals surface area contributed by atoms with Crippen LogP contribution in [0.25, 0.3) is 23.0 Å². The van der Waals surface area contributed by atoms with Crippen molar-refractivity contribution >= 4 is 11.6 Å². The molecular weight excluding hydrogens is 276 g/mol. The van der Waals surface area contributed by atoms with Crippen molar-refractivity contribution < 1.29 is 4.52 Å². The van der Waals surface area contributed by atoms with Crippen LogP contribution in [-0.2, 0) is 0 Å². The van der Waals surface area contributed by atoms with Gasteiger partial charge in [0.25, 0.3) is 5.89 Å². The van der Waals surface area contributed by atoms with Crippen LogP contribution in [0.2, 0.25) is 5.02 Å². The molecule has 0 radical (unpaired) electrons. The first kappa shape index (κ1) is 12.3. The molecule has 96 valence electrons. The van der Waals surface area contributed by atoms with E-state index in [4.69, 9.17) is 21.4 Å². The number of pyridine rings is 1. The summed E-state index contributed by atoms with van der Waals surface area (Å²) in [6.07, 6.45) is 1.52. The van der Waals surface area contributed by atoms with E-state index < -0.39 is 0 Å². The number of hydrogen-bond acceptors (Lipinski definition) is 5. The van der Waals surface area contributed by atoms with E-state index in [-0.39, 0.29) is 0 Å². The summed E-state index contributed by atoms with van der Waals surface area (Å²) in [5.41, 5.74) is 1.91. The van der Waals surface area contributed by atoms with Gasteiger partial charge in [-0.3, -0.25) is 4.98 Å². The normalized spacial score (nSPS) is 10.2. The van der Waals surface area contributed by atoms with Crippen LogP contribution in [-0.4, -0.2) is 15.1 Å². The van der Waals surface area contributed by atoms with Gasteiger partial charge < -0.3 is 4.52 Å². The smallest absolute Gasteiger partial charge is 0.258 e. The first-order valence-corrected chi connectivity index (χ1v) is 6.10. The van der Waals surface area contributed by atoms with E-state index in [1.165, 1.54) is 6.20 Å². The van der Waals surface area contributed by atoms with Crippen LogP contribution in [0.15, 0.2) is 47.1 Å². The van der Waals surface area contributed by atoms with Crippen molar-refractivity contribution in [1.82, 2.24) is 15.1 Å². The zero-order valence-corrected chi connectivity index (χ0v) is 10.9. The summed E-state index contributed by atoms with van der Waals surface area (Å²) in [6.45, 7) is 0. The lowest BCUT2D eigenvalue weighted by atomic mass is 10.1. The SMILES string of the molecule is N#Cc1ccc(-c2nc(-c3ccc(Cl)cn3)no2)cc1. The van der Waals surface area contributed by atoms with Crippen molar-refractivity contribution in [2.45, 2.75) is 0 Å². The van der Waals surface area contributed by atoms with E-state index in [0.717, 1.165) is 5.56 Å². The van der Waals surface area contributed by atoms with Crippen LogP contribution in [0.5, 0.6) is 0 Å². The summed E-state index contributed by atoms with van der Waals surface area (Å²) < 4.78 is 5.19. The molecule has 5 nitrogen and oxygen atoms in total. The molecule has 0 fully saturated rings. The summed E-state index contributed by atoms with van der Waals surface area (Å²) in [7, 11) is 0. The topological polar surface area (TPSA) is 75.6 Å². The molecule has 0 atom stereocenters. The fourth-order valence-electron chi connectivity index (χ4n) is 1.64. The highest BCUT2D eigenvalue weighted by atomic mass is 35.5. The molecule has 3 aromatic rings. The van der Waals surface area contributed by atoms with Crippen LogP contribution >= 0.6 is 11.6 Å². The molecule has 0 spiro atoms. The Morgan fingerprint density at radius 3 is 2.55 bits per heavy atom. The minimum atomic E-state index is 0.376. The summed E-state index contributed by atoms with van der Waals surface area (Å²) in [4.78, 5) is 8.39. The standard InChI is InChI=1S/C14H7ClN4O/c15-11-5-6-12(17-8-11)13-18-14(20-19-13)10-3-1-9(7-16)2-4-10/h1-6,8H. The third-order valence-corrected chi connectivity index (χ3v) is 2.87. The fourth-order valence-corrected chi connectivity index (χ4v) is 1.75. The Hall–Kier alpha value is -2.71. The summed E-state index contributed by atoms with van der Waals surface area (Å²) in [5, 5.41) is 13.2. The van der Waals surface area contributed by atoms with Crippen molar-refractivity contribution in [2.24, 2.45) is 0 Å². The number of hydrogen-bond donors (Lipinski definition) is 0. The van der Waals surface area contributed by atoms with Crippen molar-refractivity contribution in [2.75, 3.05) is 0 Å². The highest BCUT2D eigenvalue weighted by Crippen LogP contribution is 2.21. The predicted molar refractivity (Wildman–Crippen MR) is 72.7 cm³/mol. The Balaban J connectivity index is 1.93. The van der Waals surface area contributed by atoms with Gasteiger partial charge in [0.05, 0.1) is 16.7 Å². The minimum absolute atomic E-state index is 0.376. The third-order valence-electron chi connectivity index (χ3n) is 2.64. The van der Waals surface area contributed by atoms with Crippen LogP contribution in [0.4, 0.5) is 0 Å². The first-order chi connectivity index (χ1) is 9.76. The van der Waals surface area contributed by atoms with Crippen LogP contribution in [0, 0.1) is 11.3 Å². The minimum Gasteiger partial charge on any atom is -0.334 e. The Kier molecular flexibility index (Phi) is 3.15. The maximum atomic E-state index is 8.75. The highest BCUT2D eigenvalue weighted by molar-refractivity contribution is 6.30. The Morgan fingerprint density at radius 1 is 1.10 bits per heavy atom. The molecule has 0 aliphatic rings. The van der Waals surface area contributed by atoms with E-state index in [9.17, 15) is 0 Å². The summed E-state index contributed by atoms with van der Waals surface area (Å²) in [5.74, 6) is 0.766. The molecule has 1 aromatic carbocycles. The van der Waals surface area contributed by atoms with Gasteiger partial charge in [-0.05, 0) is 36.4 Å². The molecule has 20 heavy (non-hydrogen) atoms. The van der Waals surface area contributed by atoms with Gasteiger partial charge in [0.1, 0.15) is 5.69 Å². The molecule has 0 aliphatic carbocycles. The lowest BCUT2D eigenvalue weighted by molar-refractivity contribution is 0.432. The van der Waals surface area contributed by atoms with Crippen molar-refractivity contribution in [1.29, 1.82) is 5.26 Å². The number of benzene rings is 1. The predicted octanol–water partition coefficient (Wildman–Crippen LogP) is 3.32. The average Bonchev–Trinajstić information content (AvgIpc) is 2.98. The van der Waals surface area contributed by atoms with E-state index in [2.05, 4.69) is 21.2 Å². The average molecular weight is 283 g/mol. The molecule has 0 unspecified atom stereocenters. The van der Waals surface area contributed by atoms with E-state index in [1.54, 1.807) is 36.4 Å². The number of nitriles is 1. The zero-order chi connectivity index (χ0) is 13.9. The molecular formula is C14H7ClN4O. The Bertz CT molecular complexity index is 772. The lowest BCUT2D eigenvalue weighted by Gasteiger charge is -1.93. The molecule has 0 saturated heterocycles. The summed E-state index contributed by atoms with van der Waals surface area (Å²) >= 11 is 5.78. The molecule has 0 amide bonds. The van der Waals surface area contributed by atoms with Crippen LogP contribution < -0.4 is 0 Å². The Morgan fingerprint density at radius 2 is 1.90 bits per heavy atom. The molecule has 0 saturated carbocycles. The van der Waals surface area contributed by atoms with Gasteiger partial charge in [-0.2, -0.15) is 10.2 Å². The maximum Gasteiger partial charge on any atom is 0.258 e. The van der Waals surface area contributed by atoms with Gasteiger partial charge in [0.15, 0.2) is 0 Å². The number of rotatable bonds is 2. The zero-order valence-electron chi connectivity index (χ0n) is 10.1. The third kappa shape index (κ3) is 2.37. The summed E-state index contributed by atoms with van der Waals surface area (Å²) in [6, 6.07) is 12.4. The second kappa shape index (κ2) is 5.11. The molecule has 2 aromatic heterocycles. The van der Waals surface area contributed by atoms with Gasteiger partial charge >= 0.3 is 0 Å². The molecule has 2 heterocycles. The highest BCUT2D eigenvalue weighted by Gasteiger charge is 2.11. The van der Waals surface area contributed by atoms with Crippen molar-refractivity contribution in [3.05, 3.63) is 53.2 Å². The van der Waals surface area contributed by atoms with Crippen molar-refractivity contribution in [3.63, 3.8) is 0 Å². The van der Waals surface area contributed by atoms with Crippen LogP contribution in [0.1, 0.15) is 5.56 Å². The molecule has 0 N–H and O–H groups in total. The maximum absolute atomic E-state index is 8.75. The van der Waals surface area contributed by atoms with Gasteiger partial charge in [-0.1, -0.05) is 16.8 Å². The van der Waals surface area contributed by atoms with E-state index >= 15 is 0 Å². The lowest BCUT2D eigenvalue weighted by Crippen LogP contribution is -1.85. The van der Waals surface area contributed by atoms with E-state index in [1.807, 2.05) is 0 Å². The van der Waals surface area contributed by atoms with Crippen LogP contribution in [0.3, 0.4) is 0 Å². The molecule has 6 heteroatoms. The number of aromatic nitrogens is 3. The van der Waals surface area contributed by atoms with Gasteiger partial charge in [0, 0.05) is 11.8 Å². The number of nitrogens with zero attached hydrogens (tertiary/aromatic N) is 4. The molecule has 0 bridgehead atoms. The second-order valence-corrected chi connectivity index (χ2v) is 4.41. The quantitative estimate of drug-likeness (QED) is 0.720. The van der Waals surface area contributed by atoms with Gasteiger partial charge in [-0.15, -0.1) is 0 Å². The van der Waals surface area contributed by atoms with E-state index in [0.29, 0.717) is 28.0 Å². The Labute approximate surface area is 119 Å². The first-order valence-electron chi connectivity index (χ1n) is 5.72. The number of halogens is 1. The van der Waals surface area contributed by atoms with Gasteiger partial charge in [-0.25, -0.2) is 0 Å². The second-order valence-electron chi connectivity index (χ2n) is 3.97. The largest absolute Gasteiger partial charge is 0.334 e. The monoisotopic (exact) mass is 282 g/mol. The molecule has 0 aliphatic heterocycles. The van der Waals surface area contributed by atoms with Gasteiger partial charge in [0.2, 0.25) is 5.82 Å².